The molecule has 1 aromatic rings. The molecule has 1 fully saturated rings. The Labute approximate surface area is 121 Å². The third-order valence-corrected chi connectivity index (χ3v) is 3.35. The van der Waals surface area contributed by atoms with E-state index in [2.05, 4.69) is 5.32 Å². The topological polar surface area (TPSA) is 78.9 Å². The van der Waals surface area contributed by atoms with Crippen LogP contribution in [0, 0.1) is 12.7 Å². The molecule has 1 saturated heterocycles. The fourth-order valence-electron chi connectivity index (χ4n) is 2.26. The summed E-state index contributed by atoms with van der Waals surface area (Å²) in [5.41, 5.74) is 0.717. The molecule has 1 aliphatic heterocycles. The van der Waals surface area contributed by atoms with Gasteiger partial charge in [0.1, 0.15) is 5.82 Å². The number of halogens is 1. The first-order chi connectivity index (χ1) is 9.99. The van der Waals surface area contributed by atoms with Crippen LogP contribution >= 0.6 is 0 Å². The number of carboxylic acid groups (broad SMARTS) is 1. The zero-order valence-corrected chi connectivity index (χ0v) is 11.6. The third-order valence-electron chi connectivity index (χ3n) is 3.35. The molecule has 1 aromatic carbocycles. The molecular weight excluding hydrogens is 279 g/mol. The van der Waals surface area contributed by atoms with Gasteiger partial charge < -0.3 is 20.1 Å². The van der Waals surface area contributed by atoms with Crippen molar-refractivity contribution in [2.45, 2.75) is 19.4 Å². The van der Waals surface area contributed by atoms with E-state index in [4.69, 9.17) is 9.84 Å². The molecule has 2 rings (SSSR count). The van der Waals surface area contributed by atoms with Crippen molar-refractivity contribution in [2.75, 3.05) is 25.1 Å². The van der Waals surface area contributed by atoms with Crippen molar-refractivity contribution >= 4 is 17.7 Å². The second-order valence-electron chi connectivity index (χ2n) is 4.88. The van der Waals surface area contributed by atoms with E-state index < -0.39 is 23.9 Å². The molecule has 0 saturated carbocycles. The predicted molar refractivity (Wildman–Crippen MR) is 73.7 cm³/mol. The lowest BCUT2D eigenvalue weighted by molar-refractivity contribution is -0.139. The van der Waals surface area contributed by atoms with Crippen LogP contribution in [0.2, 0.25) is 0 Å². The van der Waals surface area contributed by atoms with Crippen LogP contribution in [0.4, 0.5) is 14.9 Å². The predicted octanol–water partition coefficient (Wildman–Crippen LogP) is 1.84. The van der Waals surface area contributed by atoms with Gasteiger partial charge in [-0.05, 0) is 18.6 Å². The number of amides is 2. The Morgan fingerprint density at radius 3 is 2.95 bits per heavy atom. The molecule has 0 spiro atoms. The fraction of sp³-hybridized carbons (Fsp3) is 0.429. The van der Waals surface area contributed by atoms with Crippen LogP contribution in [0.1, 0.15) is 12.0 Å². The van der Waals surface area contributed by atoms with Crippen LogP contribution in [0.15, 0.2) is 18.2 Å². The second-order valence-corrected chi connectivity index (χ2v) is 4.88. The Balaban J connectivity index is 2.12. The summed E-state index contributed by atoms with van der Waals surface area (Å²) < 4.78 is 18.9. The van der Waals surface area contributed by atoms with E-state index in [-0.39, 0.29) is 25.3 Å². The Morgan fingerprint density at radius 2 is 2.29 bits per heavy atom. The highest BCUT2D eigenvalue weighted by atomic mass is 19.1. The lowest BCUT2D eigenvalue weighted by Crippen LogP contribution is -2.51. The summed E-state index contributed by atoms with van der Waals surface area (Å²) in [5.74, 6) is -1.53. The third kappa shape index (κ3) is 3.69. The first-order valence-corrected chi connectivity index (χ1v) is 6.61. The van der Waals surface area contributed by atoms with Gasteiger partial charge in [-0.15, -0.1) is 0 Å². The zero-order valence-electron chi connectivity index (χ0n) is 11.6. The summed E-state index contributed by atoms with van der Waals surface area (Å²) in [6.45, 7) is 2.46. The molecule has 2 amide bonds. The van der Waals surface area contributed by atoms with Gasteiger partial charge in [-0.3, -0.25) is 4.79 Å². The molecule has 0 radical (unpaired) electrons. The first-order valence-electron chi connectivity index (χ1n) is 6.61. The van der Waals surface area contributed by atoms with E-state index in [0.717, 1.165) is 0 Å². The van der Waals surface area contributed by atoms with Gasteiger partial charge in [-0.2, -0.15) is 0 Å². The Hall–Kier alpha value is -2.15. The summed E-state index contributed by atoms with van der Waals surface area (Å²) in [6, 6.07) is 3.44. The van der Waals surface area contributed by atoms with Gasteiger partial charge in [0.15, 0.2) is 0 Å². The number of aliphatic carboxylic acids is 1. The number of ether oxygens (including phenoxy) is 1. The lowest BCUT2D eigenvalue weighted by atomic mass is 10.1. The normalized spacial score (nSPS) is 18.4. The van der Waals surface area contributed by atoms with E-state index in [0.29, 0.717) is 12.2 Å². The molecule has 1 unspecified atom stereocenters. The number of morpholine rings is 1. The van der Waals surface area contributed by atoms with Crippen LogP contribution in [-0.4, -0.2) is 47.8 Å². The largest absolute Gasteiger partial charge is 0.481 e. The average Bonchev–Trinajstić information content (AvgIpc) is 2.43. The summed E-state index contributed by atoms with van der Waals surface area (Å²) in [6.07, 6.45) is -0.205. The fourth-order valence-corrected chi connectivity index (χ4v) is 2.26. The molecule has 0 aliphatic carbocycles. The van der Waals surface area contributed by atoms with Gasteiger partial charge in [0.05, 0.1) is 31.4 Å². The van der Waals surface area contributed by atoms with Gasteiger partial charge in [0, 0.05) is 6.54 Å². The van der Waals surface area contributed by atoms with E-state index in [9.17, 15) is 14.0 Å². The van der Waals surface area contributed by atoms with Crippen molar-refractivity contribution < 1.29 is 23.8 Å². The Bertz CT molecular complexity index is 530. The molecule has 1 atom stereocenters. The maximum absolute atomic E-state index is 13.7. The molecule has 114 valence electrons. The molecule has 7 heteroatoms. The van der Waals surface area contributed by atoms with Crippen molar-refractivity contribution in [3.8, 4) is 0 Å². The number of urea groups is 1. The van der Waals surface area contributed by atoms with Gasteiger partial charge in [-0.1, -0.05) is 12.1 Å². The summed E-state index contributed by atoms with van der Waals surface area (Å²) >= 11 is 0. The number of carbonyl (C=O) groups excluding carboxylic acids is 1. The number of hydrogen-bond donors (Lipinski definition) is 2. The van der Waals surface area contributed by atoms with E-state index in [1.54, 1.807) is 19.1 Å². The number of hydrogen-bond acceptors (Lipinski definition) is 3. The van der Waals surface area contributed by atoms with Gasteiger partial charge in [0.2, 0.25) is 0 Å². The summed E-state index contributed by atoms with van der Waals surface area (Å²) in [7, 11) is 0. The van der Waals surface area contributed by atoms with Crippen molar-refractivity contribution in [2.24, 2.45) is 0 Å². The lowest BCUT2D eigenvalue weighted by Gasteiger charge is -2.34. The molecule has 6 nitrogen and oxygen atoms in total. The van der Waals surface area contributed by atoms with E-state index >= 15 is 0 Å². The molecule has 2 N–H and O–H groups in total. The smallest absolute Gasteiger partial charge is 0.322 e. The van der Waals surface area contributed by atoms with Crippen molar-refractivity contribution in [1.82, 2.24) is 4.90 Å². The summed E-state index contributed by atoms with van der Waals surface area (Å²) in [5, 5.41) is 11.4. The van der Waals surface area contributed by atoms with Gasteiger partial charge in [-0.25, -0.2) is 9.18 Å². The Kier molecular flexibility index (Phi) is 4.74. The van der Waals surface area contributed by atoms with Crippen molar-refractivity contribution in [3.05, 3.63) is 29.6 Å². The number of aryl methyl sites for hydroxylation is 1. The van der Waals surface area contributed by atoms with Crippen LogP contribution in [0.5, 0.6) is 0 Å². The minimum Gasteiger partial charge on any atom is -0.481 e. The number of anilines is 1. The number of carbonyl (C=O) groups is 2. The average molecular weight is 296 g/mol. The minimum absolute atomic E-state index is 0.114. The molecular formula is C14H17FN2O4. The number of rotatable bonds is 3. The number of nitrogens with zero attached hydrogens (tertiary/aromatic N) is 1. The highest BCUT2D eigenvalue weighted by Crippen LogP contribution is 2.20. The quantitative estimate of drug-likeness (QED) is 0.892. The van der Waals surface area contributed by atoms with E-state index in [1.807, 2.05) is 0 Å². The van der Waals surface area contributed by atoms with Crippen LogP contribution < -0.4 is 5.32 Å². The van der Waals surface area contributed by atoms with Gasteiger partial charge in [0.25, 0.3) is 0 Å². The van der Waals surface area contributed by atoms with Crippen LogP contribution in [0.25, 0.3) is 0 Å². The first kappa shape index (κ1) is 15.2. The van der Waals surface area contributed by atoms with Crippen LogP contribution in [-0.2, 0) is 9.53 Å². The van der Waals surface area contributed by atoms with E-state index in [1.165, 1.54) is 11.0 Å². The van der Waals surface area contributed by atoms with Gasteiger partial charge >= 0.3 is 12.0 Å². The number of para-hydroxylation sites is 1. The molecule has 21 heavy (non-hydrogen) atoms. The molecule has 0 bridgehead atoms. The second kappa shape index (κ2) is 6.53. The molecule has 1 aliphatic rings. The highest BCUT2D eigenvalue weighted by molar-refractivity contribution is 5.90. The van der Waals surface area contributed by atoms with Crippen molar-refractivity contribution in [3.63, 3.8) is 0 Å². The maximum atomic E-state index is 13.7. The SMILES string of the molecule is Cc1cccc(F)c1NC(=O)N1CCOCC1CC(=O)O. The standard InChI is InChI=1S/C14H17FN2O4/c1-9-3-2-4-11(15)13(9)16-14(20)17-5-6-21-8-10(17)7-12(18)19/h2-4,10H,5-8H2,1H3,(H,16,20)(H,18,19). The summed E-state index contributed by atoms with van der Waals surface area (Å²) in [4.78, 5) is 24.5. The van der Waals surface area contributed by atoms with Crippen molar-refractivity contribution in [1.29, 1.82) is 0 Å². The maximum Gasteiger partial charge on any atom is 0.322 e. The number of nitrogens with one attached hydrogen (secondary N) is 1. The number of carboxylic acids is 1. The minimum atomic E-state index is -1.01. The number of benzene rings is 1. The monoisotopic (exact) mass is 296 g/mol. The molecule has 1 heterocycles. The zero-order chi connectivity index (χ0) is 15.4. The highest BCUT2D eigenvalue weighted by Gasteiger charge is 2.29. The Morgan fingerprint density at radius 1 is 1.52 bits per heavy atom. The van der Waals surface area contributed by atoms with Crippen LogP contribution in [0.3, 0.4) is 0 Å². The molecule has 0 aromatic heterocycles.